The van der Waals surface area contributed by atoms with E-state index in [0.717, 1.165) is 0 Å². The predicted molar refractivity (Wildman–Crippen MR) is 65.8 cm³/mol. The van der Waals surface area contributed by atoms with Gasteiger partial charge < -0.3 is 10.6 Å². The summed E-state index contributed by atoms with van der Waals surface area (Å²) in [4.78, 5) is 15.4. The fraction of sp³-hybridized carbons (Fsp3) is 0.800. The van der Waals surface area contributed by atoms with Crippen molar-refractivity contribution >= 4 is 11.9 Å². The van der Waals surface area contributed by atoms with Gasteiger partial charge >= 0.3 is 0 Å². The third-order valence-electron chi connectivity index (χ3n) is 1.62. The van der Waals surface area contributed by atoms with Crippen LogP contribution in [0.5, 0.6) is 0 Å². The Bertz CT molecular complexity index is 237. The van der Waals surface area contributed by atoms with Gasteiger partial charge in [0.05, 0.1) is 6.54 Å². The van der Waals surface area contributed by atoms with Crippen molar-refractivity contribution in [2.24, 2.45) is 10.8 Å². The standard InChI is InChI=1S/C10H23N5O/c1-7(2)13-9(16)5-6-12-10(15-11)14-8(3)4/h7-8H,5-6,11H2,1-4H3,(H,13,16)(H2,12,14,15). The summed E-state index contributed by atoms with van der Waals surface area (Å²) >= 11 is 0. The molecule has 0 aliphatic rings. The van der Waals surface area contributed by atoms with Crippen LogP contribution >= 0.6 is 0 Å². The molecular formula is C10H23N5O. The van der Waals surface area contributed by atoms with E-state index in [2.05, 4.69) is 21.1 Å². The molecule has 0 bridgehead atoms. The monoisotopic (exact) mass is 229 g/mol. The Morgan fingerprint density at radius 2 is 1.75 bits per heavy atom. The van der Waals surface area contributed by atoms with Crippen LogP contribution in [-0.4, -0.2) is 30.5 Å². The van der Waals surface area contributed by atoms with E-state index in [0.29, 0.717) is 18.9 Å². The average Bonchev–Trinajstić information content (AvgIpc) is 2.14. The number of rotatable bonds is 5. The number of nitrogens with two attached hydrogens (primary N) is 1. The molecule has 0 spiro atoms. The fourth-order valence-corrected chi connectivity index (χ4v) is 1.07. The van der Waals surface area contributed by atoms with E-state index in [-0.39, 0.29) is 18.0 Å². The van der Waals surface area contributed by atoms with Gasteiger partial charge in [-0.3, -0.25) is 15.2 Å². The molecule has 94 valence electrons. The zero-order valence-corrected chi connectivity index (χ0v) is 10.5. The maximum absolute atomic E-state index is 11.3. The Hall–Kier alpha value is -1.30. The quantitative estimate of drug-likeness (QED) is 0.226. The minimum absolute atomic E-state index is 0.000307. The van der Waals surface area contributed by atoms with Crippen molar-refractivity contribution in [2.75, 3.05) is 6.54 Å². The van der Waals surface area contributed by atoms with Gasteiger partial charge in [0.15, 0.2) is 0 Å². The summed E-state index contributed by atoms with van der Waals surface area (Å²) in [7, 11) is 0. The van der Waals surface area contributed by atoms with Crippen molar-refractivity contribution in [3.63, 3.8) is 0 Å². The number of amides is 1. The van der Waals surface area contributed by atoms with Crippen LogP contribution in [0.15, 0.2) is 4.99 Å². The number of hydrogen-bond acceptors (Lipinski definition) is 3. The van der Waals surface area contributed by atoms with Crippen molar-refractivity contribution in [3.05, 3.63) is 0 Å². The lowest BCUT2D eigenvalue weighted by Gasteiger charge is -2.12. The summed E-state index contributed by atoms with van der Waals surface area (Å²) in [5, 5.41) is 5.82. The molecule has 0 aromatic heterocycles. The van der Waals surface area contributed by atoms with Gasteiger partial charge in [0.1, 0.15) is 0 Å². The molecule has 1 amide bonds. The normalized spacial score (nSPS) is 11.8. The van der Waals surface area contributed by atoms with E-state index in [4.69, 9.17) is 5.84 Å². The molecule has 0 unspecified atom stereocenters. The number of nitrogens with one attached hydrogen (secondary N) is 3. The Morgan fingerprint density at radius 3 is 2.19 bits per heavy atom. The molecule has 0 atom stereocenters. The van der Waals surface area contributed by atoms with Gasteiger partial charge in [0.25, 0.3) is 0 Å². The minimum atomic E-state index is -0.000307. The van der Waals surface area contributed by atoms with Crippen LogP contribution < -0.4 is 21.9 Å². The highest BCUT2D eigenvalue weighted by atomic mass is 16.1. The predicted octanol–water partition coefficient (Wildman–Crippen LogP) is -0.282. The third-order valence-corrected chi connectivity index (χ3v) is 1.62. The zero-order valence-electron chi connectivity index (χ0n) is 10.5. The molecule has 0 fully saturated rings. The number of aliphatic imine (C=N–C) groups is 1. The van der Waals surface area contributed by atoms with Gasteiger partial charge in [-0.05, 0) is 27.7 Å². The average molecular weight is 229 g/mol. The highest BCUT2D eigenvalue weighted by Gasteiger charge is 2.03. The maximum atomic E-state index is 11.3. The zero-order chi connectivity index (χ0) is 12.6. The molecule has 0 aliphatic carbocycles. The summed E-state index contributed by atoms with van der Waals surface area (Å²) in [6, 6.07) is 0.414. The van der Waals surface area contributed by atoms with Crippen LogP contribution in [-0.2, 0) is 4.79 Å². The second-order valence-corrected chi connectivity index (χ2v) is 4.15. The van der Waals surface area contributed by atoms with Crippen molar-refractivity contribution in [2.45, 2.75) is 46.2 Å². The van der Waals surface area contributed by atoms with Gasteiger partial charge in [-0.15, -0.1) is 0 Å². The summed E-state index contributed by atoms with van der Waals surface area (Å²) in [6.07, 6.45) is 0.364. The van der Waals surface area contributed by atoms with Crippen molar-refractivity contribution in [1.29, 1.82) is 0 Å². The third kappa shape index (κ3) is 8.05. The molecule has 0 heterocycles. The lowest BCUT2D eigenvalue weighted by molar-refractivity contribution is -0.121. The smallest absolute Gasteiger partial charge is 0.222 e. The van der Waals surface area contributed by atoms with Crippen molar-refractivity contribution in [3.8, 4) is 0 Å². The molecular weight excluding hydrogens is 206 g/mol. The van der Waals surface area contributed by atoms with Crippen LogP contribution in [0.1, 0.15) is 34.1 Å². The second-order valence-electron chi connectivity index (χ2n) is 4.15. The Kier molecular flexibility index (Phi) is 7.28. The van der Waals surface area contributed by atoms with E-state index in [1.54, 1.807) is 0 Å². The molecule has 0 aromatic rings. The summed E-state index contributed by atoms with van der Waals surface area (Å²) < 4.78 is 0. The highest BCUT2D eigenvalue weighted by Crippen LogP contribution is 1.86. The first kappa shape index (κ1) is 14.7. The maximum Gasteiger partial charge on any atom is 0.222 e. The van der Waals surface area contributed by atoms with Crippen LogP contribution in [0.25, 0.3) is 0 Å². The first-order valence-electron chi connectivity index (χ1n) is 5.52. The molecule has 0 aromatic carbocycles. The molecule has 0 saturated heterocycles. The molecule has 0 aliphatic heterocycles. The van der Waals surface area contributed by atoms with Gasteiger partial charge in [0, 0.05) is 18.5 Å². The summed E-state index contributed by atoms with van der Waals surface area (Å²) in [6.45, 7) is 8.23. The summed E-state index contributed by atoms with van der Waals surface area (Å²) in [5.41, 5.74) is 2.46. The van der Waals surface area contributed by atoms with Crippen molar-refractivity contribution in [1.82, 2.24) is 16.1 Å². The SMILES string of the molecule is CC(C)NC(=O)CCN=C(NN)NC(C)C. The molecule has 0 radical (unpaired) electrons. The number of hydrazine groups is 1. The largest absolute Gasteiger partial charge is 0.354 e. The van der Waals surface area contributed by atoms with Gasteiger partial charge in [-0.2, -0.15) is 0 Å². The molecule has 5 N–H and O–H groups in total. The molecule has 6 nitrogen and oxygen atoms in total. The van der Waals surface area contributed by atoms with Crippen LogP contribution in [0, 0.1) is 0 Å². The lowest BCUT2D eigenvalue weighted by Crippen LogP contribution is -2.44. The highest BCUT2D eigenvalue weighted by molar-refractivity contribution is 5.80. The van der Waals surface area contributed by atoms with E-state index in [9.17, 15) is 4.79 Å². The van der Waals surface area contributed by atoms with Gasteiger partial charge in [0.2, 0.25) is 11.9 Å². The van der Waals surface area contributed by atoms with Crippen molar-refractivity contribution < 1.29 is 4.79 Å². The van der Waals surface area contributed by atoms with E-state index >= 15 is 0 Å². The Balaban J connectivity index is 3.91. The number of carbonyl (C=O) groups is 1. The topological polar surface area (TPSA) is 91.5 Å². The molecule has 16 heavy (non-hydrogen) atoms. The number of nitrogens with zero attached hydrogens (tertiary/aromatic N) is 1. The van der Waals surface area contributed by atoms with Crippen LogP contribution in [0.4, 0.5) is 0 Å². The summed E-state index contributed by atoms with van der Waals surface area (Å²) in [5.74, 6) is 5.78. The van der Waals surface area contributed by atoms with E-state index in [1.165, 1.54) is 0 Å². The minimum Gasteiger partial charge on any atom is -0.354 e. The molecule has 6 heteroatoms. The fourth-order valence-electron chi connectivity index (χ4n) is 1.07. The number of guanidine groups is 1. The molecule has 0 rings (SSSR count). The number of hydrogen-bond donors (Lipinski definition) is 4. The molecule has 0 saturated carbocycles. The van der Waals surface area contributed by atoms with Gasteiger partial charge in [-0.1, -0.05) is 0 Å². The first-order chi connectivity index (χ1) is 7.45. The van der Waals surface area contributed by atoms with E-state index < -0.39 is 0 Å². The van der Waals surface area contributed by atoms with Crippen LogP contribution in [0.2, 0.25) is 0 Å². The number of carbonyl (C=O) groups excluding carboxylic acids is 1. The van der Waals surface area contributed by atoms with Gasteiger partial charge in [-0.25, -0.2) is 5.84 Å². The Morgan fingerprint density at radius 1 is 1.19 bits per heavy atom. The second kappa shape index (κ2) is 7.92. The lowest BCUT2D eigenvalue weighted by atomic mass is 10.3. The van der Waals surface area contributed by atoms with Crippen LogP contribution in [0.3, 0.4) is 0 Å². The first-order valence-corrected chi connectivity index (χ1v) is 5.52. The Labute approximate surface area is 97.0 Å². The van der Waals surface area contributed by atoms with E-state index in [1.807, 2.05) is 27.7 Å².